The minimum atomic E-state index is -1.39. The zero-order valence-corrected chi connectivity index (χ0v) is 11.8. The molecule has 0 unspecified atom stereocenters. The molecule has 0 fully saturated rings. The summed E-state index contributed by atoms with van der Waals surface area (Å²) in [5.41, 5.74) is 5.76. The SMILES string of the molecule is CSCC[C@@](N)(C(=O)O)c1ccc(NC(C)=O)cc1. The van der Waals surface area contributed by atoms with Gasteiger partial charge >= 0.3 is 5.97 Å². The molecule has 0 bridgehead atoms. The molecule has 0 spiro atoms. The Bertz CT molecular complexity index is 461. The van der Waals surface area contributed by atoms with Gasteiger partial charge in [-0.25, -0.2) is 4.79 Å². The van der Waals surface area contributed by atoms with Gasteiger partial charge in [0.1, 0.15) is 5.54 Å². The number of carbonyl (C=O) groups excluding carboxylic acids is 1. The highest BCUT2D eigenvalue weighted by Gasteiger charge is 2.35. The Morgan fingerprint density at radius 2 is 1.95 bits per heavy atom. The molecule has 0 saturated carbocycles. The monoisotopic (exact) mass is 282 g/mol. The average molecular weight is 282 g/mol. The zero-order valence-electron chi connectivity index (χ0n) is 11.0. The summed E-state index contributed by atoms with van der Waals surface area (Å²) in [5, 5.41) is 11.9. The van der Waals surface area contributed by atoms with Crippen LogP contribution in [0.2, 0.25) is 0 Å². The molecule has 1 aromatic carbocycles. The van der Waals surface area contributed by atoms with Crippen LogP contribution in [0.25, 0.3) is 0 Å². The van der Waals surface area contributed by atoms with Crippen LogP contribution >= 0.6 is 11.8 Å². The van der Waals surface area contributed by atoms with Gasteiger partial charge in [-0.2, -0.15) is 11.8 Å². The highest BCUT2D eigenvalue weighted by molar-refractivity contribution is 7.98. The highest BCUT2D eigenvalue weighted by atomic mass is 32.2. The van der Waals surface area contributed by atoms with E-state index in [9.17, 15) is 14.7 Å². The van der Waals surface area contributed by atoms with Crippen molar-refractivity contribution in [3.8, 4) is 0 Å². The van der Waals surface area contributed by atoms with Crippen molar-refractivity contribution >= 4 is 29.3 Å². The largest absolute Gasteiger partial charge is 0.480 e. The van der Waals surface area contributed by atoms with Crippen LogP contribution in [0, 0.1) is 0 Å². The van der Waals surface area contributed by atoms with E-state index in [1.54, 1.807) is 36.0 Å². The molecular weight excluding hydrogens is 264 g/mol. The lowest BCUT2D eigenvalue weighted by molar-refractivity contribution is -0.143. The fraction of sp³-hybridized carbons (Fsp3) is 0.385. The van der Waals surface area contributed by atoms with Crippen LogP contribution in [0.15, 0.2) is 24.3 Å². The minimum absolute atomic E-state index is 0.174. The summed E-state index contributed by atoms with van der Waals surface area (Å²) in [6.07, 6.45) is 2.26. The van der Waals surface area contributed by atoms with Gasteiger partial charge in [-0.3, -0.25) is 4.79 Å². The third-order valence-electron chi connectivity index (χ3n) is 2.80. The van der Waals surface area contributed by atoms with E-state index in [1.807, 2.05) is 6.26 Å². The standard InChI is InChI=1S/C13H18N2O3S/c1-9(16)15-11-5-3-10(4-6-11)13(14,12(17)18)7-8-19-2/h3-6H,7-8,14H2,1-2H3,(H,15,16)(H,17,18)/t13-/m0/s1. The predicted octanol–water partition coefficient (Wildman–Crippen LogP) is 1.64. The summed E-state index contributed by atoms with van der Waals surface area (Å²) in [6.45, 7) is 1.41. The first-order chi connectivity index (χ1) is 8.90. The van der Waals surface area contributed by atoms with Crippen LogP contribution in [0.5, 0.6) is 0 Å². The lowest BCUT2D eigenvalue weighted by Gasteiger charge is -2.25. The van der Waals surface area contributed by atoms with Crippen molar-refractivity contribution in [1.29, 1.82) is 0 Å². The highest BCUT2D eigenvalue weighted by Crippen LogP contribution is 2.25. The Balaban J connectivity index is 2.97. The average Bonchev–Trinajstić information content (AvgIpc) is 2.35. The maximum absolute atomic E-state index is 11.4. The Labute approximate surface area is 116 Å². The number of hydrogen-bond donors (Lipinski definition) is 3. The van der Waals surface area contributed by atoms with Crippen molar-refractivity contribution in [2.45, 2.75) is 18.9 Å². The number of anilines is 1. The van der Waals surface area contributed by atoms with Gasteiger partial charge in [0.15, 0.2) is 0 Å². The Morgan fingerprint density at radius 1 is 1.37 bits per heavy atom. The number of rotatable bonds is 6. The van der Waals surface area contributed by atoms with Crippen LogP contribution in [0.4, 0.5) is 5.69 Å². The zero-order chi connectivity index (χ0) is 14.5. The summed E-state index contributed by atoms with van der Waals surface area (Å²) in [5.74, 6) is -0.558. The molecule has 6 heteroatoms. The predicted molar refractivity (Wildman–Crippen MR) is 77.2 cm³/mol. The quantitative estimate of drug-likeness (QED) is 0.737. The second-order valence-corrected chi connectivity index (χ2v) is 5.26. The summed E-state index contributed by atoms with van der Waals surface area (Å²) in [6, 6.07) is 6.58. The minimum Gasteiger partial charge on any atom is -0.480 e. The van der Waals surface area contributed by atoms with Crippen molar-refractivity contribution in [3.63, 3.8) is 0 Å². The second kappa shape index (κ2) is 6.58. The van der Waals surface area contributed by atoms with Gasteiger partial charge in [-0.05, 0) is 36.1 Å². The van der Waals surface area contributed by atoms with Crippen LogP contribution in [-0.4, -0.2) is 29.0 Å². The van der Waals surface area contributed by atoms with E-state index in [0.29, 0.717) is 23.4 Å². The first-order valence-corrected chi connectivity index (χ1v) is 7.19. The summed E-state index contributed by atoms with van der Waals surface area (Å²) in [4.78, 5) is 22.3. The van der Waals surface area contributed by atoms with Crippen molar-refractivity contribution < 1.29 is 14.7 Å². The van der Waals surface area contributed by atoms with E-state index in [-0.39, 0.29) is 5.91 Å². The molecule has 1 amide bonds. The van der Waals surface area contributed by atoms with E-state index in [0.717, 1.165) is 0 Å². The number of carboxylic acid groups (broad SMARTS) is 1. The van der Waals surface area contributed by atoms with E-state index in [2.05, 4.69) is 5.32 Å². The smallest absolute Gasteiger partial charge is 0.328 e. The third-order valence-corrected chi connectivity index (χ3v) is 3.41. The van der Waals surface area contributed by atoms with Crippen LogP contribution < -0.4 is 11.1 Å². The van der Waals surface area contributed by atoms with E-state index >= 15 is 0 Å². The maximum Gasteiger partial charge on any atom is 0.328 e. The molecule has 0 radical (unpaired) electrons. The number of hydrogen-bond acceptors (Lipinski definition) is 4. The fourth-order valence-corrected chi connectivity index (χ4v) is 2.22. The number of nitrogens with one attached hydrogen (secondary N) is 1. The van der Waals surface area contributed by atoms with Gasteiger partial charge < -0.3 is 16.2 Å². The Kier molecular flexibility index (Phi) is 5.38. The van der Waals surface area contributed by atoms with Gasteiger partial charge in [0.25, 0.3) is 0 Å². The molecular formula is C13H18N2O3S. The van der Waals surface area contributed by atoms with Crippen molar-refractivity contribution in [1.82, 2.24) is 0 Å². The number of carbonyl (C=O) groups is 2. The molecule has 19 heavy (non-hydrogen) atoms. The van der Waals surface area contributed by atoms with Crippen molar-refractivity contribution in [2.75, 3.05) is 17.3 Å². The molecule has 1 atom stereocenters. The first-order valence-electron chi connectivity index (χ1n) is 5.79. The second-order valence-electron chi connectivity index (χ2n) is 4.28. The Morgan fingerprint density at radius 3 is 2.37 bits per heavy atom. The molecule has 0 aromatic heterocycles. The van der Waals surface area contributed by atoms with Crippen molar-refractivity contribution in [3.05, 3.63) is 29.8 Å². The fourth-order valence-electron chi connectivity index (χ4n) is 1.69. The number of carboxylic acids is 1. The molecule has 1 aromatic rings. The van der Waals surface area contributed by atoms with Crippen LogP contribution in [-0.2, 0) is 15.1 Å². The summed E-state index contributed by atoms with van der Waals surface area (Å²) in [7, 11) is 0. The van der Waals surface area contributed by atoms with Gasteiger partial charge in [-0.1, -0.05) is 12.1 Å². The third kappa shape index (κ3) is 3.97. The first kappa shape index (κ1) is 15.5. The topological polar surface area (TPSA) is 92.4 Å². The van der Waals surface area contributed by atoms with Crippen molar-refractivity contribution in [2.24, 2.45) is 5.73 Å². The molecule has 5 nitrogen and oxygen atoms in total. The molecule has 0 saturated heterocycles. The number of aliphatic carboxylic acids is 1. The van der Waals surface area contributed by atoms with E-state index in [4.69, 9.17) is 5.73 Å². The lowest BCUT2D eigenvalue weighted by atomic mass is 9.88. The number of thioether (sulfide) groups is 1. The summed E-state index contributed by atoms with van der Waals surface area (Å²) >= 11 is 1.55. The lowest BCUT2D eigenvalue weighted by Crippen LogP contribution is -2.45. The summed E-state index contributed by atoms with van der Waals surface area (Å²) < 4.78 is 0. The van der Waals surface area contributed by atoms with Gasteiger partial charge in [0, 0.05) is 12.6 Å². The number of benzene rings is 1. The maximum atomic E-state index is 11.4. The molecule has 0 aliphatic rings. The molecule has 4 N–H and O–H groups in total. The van der Waals surface area contributed by atoms with Gasteiger partial charge in [0.05, 0.1) is 0 Å². The van der Waals surface area contributed by atoms with Crippen LogP contribution in [0.1, 0.15) is 18.9 Å². The molecule has 1 rings (SSSR count). The molecule has 0 heterocycles. The normalized spacial score (nSPS) is 13.6. The van der Waals surface area contributed by atoms with Gasteiger partial charge in [0.2, 0.25) is 5.91 Å². The van der Waals surface area contributed by atoms with E-state index < -0.39 is 11.5 Å². The Hall–Kier alpha value is -1.53. The molecule has 0 aliphatic carbocycles. The number of amides is 1. The molecule has 0 aliphatic heterocycles. The number of nitrogens with two attached hydrogens (primary N) is 1. The van der Waals surface area contributed by atoms with Gasteiger partial charge in [-0.15, -0.1) is 0 Å². The van der Waals surface area contributed by atoms with Crippen LogP contribution in [0.3, 0.4) is 0 Å². The van der Waals surface area contributed by atoms with E-state index in [1.165, 1.54) is 6.92 Å². The molecule has 104 valence electrons.